The van der Waals surface area contributed by atoms with Crippen molar-refractivity contribution in [3.05, 3.63) is 144 Å². The summed E-state index contributed by atoms with van der Waals surface area (Å²) in [7, 11) is 0. The topological polar surface area (TPSA) is 31.4 Å². The maximum atomic E-state index is 9.05. The largest absolute Gasteiger partial charge is 0.311 e. The fourth-order valence-corrected chi connectivity index (χ4v) is 4.10. The van der Waals surface area contributed by atoms with Crippen molar-refractivity contribution in [2.45, 2.75) is 0 Å². The Bertz CT molecular complexity index is 1400. The third kappa shape index (κ3) is 4.67. The van der Waals surface area contributed by atoms with Crippen LogP contribution >= 0.6 is 0 Å². The standard InChI is InChI=1S/C32H21N3/c1-34-29-17-11-26(12-18-29)28-15-21-32(22-16-28)35(30-5-3-2-4-6-30)31-19-13-27(14-20-31)25-9-7-24(23-33)8-10-25/h2-22H. The van der Waals surface area contributed by atoms with Crippen LogP contribution in [0.15, 0.2) is 127 Å². The monoisotopic (exact) mass is 447 g/mol. The van der Waals surface area contributed by atoms with Crippen LogP contribution in [-0.2, 0) is 0 Å². The van der Waals surface area contributed by atoms with Crippen LogP contribution in [0, 0.1) is 17.9 Å². The number of para-hydroxylation sites is 1. The summed E-state index contributed by atoms with van der Waals surface area (Å²) < 4.78 is 0. The summed E-state index contributed by atoms with van der Waals surface area (Å²) in [5.74, 6) is 0. The second kappa shape index (κ2) is 9.79. The van der Waals surface area contributed by atoms with Gasteiger partial charge in [-0.25, -0.2) is 4.85 Å². The van der Waals surface area contributed by atoms with Crippen LogP contribution < -0.4 is 4.90 Å². The Morgan fingerprint density at radius 3 is 1.34 bits per heavy atom. The summed E-state index contributed by atoms with van der Waals surface area (Å²) in [6.07, 6.45) is 0. The molecule has 5 aromatic rings. The van der Waals surface area contributed by atoms with Crippen LogP contribution in [0.25, 0.3) is 27.1 Å². The van der Waals surface area contributed by atoms with E-state index >= 15 is 0 Å². The van der Waals surface area contributed by atoms with Crippen LogP contribution in [0.4, 0.5) is 22.7 Å². The van der Waals surface area contributed by atoms with Gasteiger partial charge in [-0.3, -0.25) is 0 Å². The van der Waals surface area contributed by atoms with E-state index < -0.39 is 0 Å². The fraction of sp³-hybridized carbons (Fsp3) is 0. The normalized spacial score (nSPS) is 10.2. The van der Waals surface area contributed by atoms with E-state index in [2.05, 4.69) is 76.5 Å². The average Bonchev–Trinajstić information content (AvgIpc) is 2.95. The Kier molecular flexibility index (Phi) is 6.07. The molecule has 0 amide bonds. The molecule has 3 nitrogen and oxygen atoms in total. The van der Waals surface area contributed by atoms with Crippen molar-refractivity contribution in [1.29, 1.82) is 5.26 Å². The number of rotatable bonds is 5. The minimum Gasteiger partial charge on any atom is -0.311 e. The SMILES string of the molecule is [C-]#[N+]c1ccc(-c2ccc(N(c3ccccc3)c3ccc(-c4ccc(C#N)cc4)cc3)cc2)cc1. The zero-order chi connectivity index (χ0) is 24.0. The lowest BCUT2D eigenvalue weighted by atomic mass is 10.0. The van der Waals surface area contributed by atoms with Crippen molar-refractivity contribution in [3.63, 3.8) is 0 Å². The maximum Gasteiger partial charge on any atom is 0.187 e. The minimum absolute atomic E-state index is 0.644. The molecule has 3 heteroatoms. The van der Waals surface area contributed by atoms with Gasteiger partial charge in [0, 0.05) is 17.1 Å². The molecule has 0 unspecified atom stereocenters. The van der Waals surface area contributed by atoms with Crippen LogP contribution in [0.3, 0.4) is 0 Å². The lowest BCUT2D eigenvalue weighted by Crippen LogP contribution is -2.09. The van der Waals surface area contributed by atoms with Gasteiger partial charge in [-0.1, -0.05) is 78.9 Å². The van der Waals surface area contributed by atoms with Crippen molar-refractivity contribution in [2.24, 2.45) is 0 Å². The molecule has 0 saturated heterocycles. The highest BCUT2D eigenvalue weighted by Crippen LogP contribution is 2.36. The van der Waals surface area contributed by atoms with E-state index in [0.29, 0.717) is 11.3 Å². The van der Waals surface area contributed by atoms with Gasteiger partial charge in [0.15, 0.2) is 5.69 Å². The molecule has 0 heterocycles. The Balaban J connectivity index is 1.48. The molecule has 0 radical (unpaired) electrons. The van der Waals surface area contributed by atoms with Gasteiger partial charge in [-0.15, -0.1) is 0 Å². The predicted octanol–water partition coefficient (Wildman–Crippen LogP) is 8.91. The van der Waals surface area contributed by atoms with Gasteiger partial charge in [0.25, 0.3) is 0 Å². The molecule has 5 aromatic carbocycles. The lowest BCUT2D eigenvalue weighted by Gasteiger charge is -2.26. The number of nitrogens with zero attached hydrogens (tertiary/aromatic N) is 3. The zero-order valence-electron chi connectivity index (χ0n) is 19.0. The first-order chi connectivity index (χ1) is 17.2. The average molecular weight is 448 g/mol. The van der Waals surface area contributed by atoms with E-state index in [1.165, 1.54) is 0 Å². The smallest absolute Gasteiger partial charge is 0.187 e. The number of hydrogen-bond donors (Lipinski definition) is 0. The van der Waals surface area contributed by atoms with Crippen LogP contribution in [0.2, 0.25) is 0 Å². The van der Waals surface area contributed by atoms with Gasteiger partial charge in [-0.2, -0.15) is 5.26 Å². The molecule has 0 aliphatic heterocycles. The molecule has 0 N–H and O–H groups in total. The molecule has 0 aliphatic carbocycles. The molecule has 35 heavy (non-hydrogen) atoms. The van der Waals surface area contributed by atoms with Crippen LogP contribution in [0.1, 0.15) is 5.56 Å². The quantitative estimate of drug-likeness (QED) is 0.252. The van der Waals surface area contributed by atoms with E-state index in [1.807, 2.05) is 66.7 Å². The van der Waals surface area contributed by atoms with Gasteiger partial charge in [-0.05, 0) is 70.8 Å². The van der Waals surface area contributed by atoms with Crippen molar-refractivity contribution >= 4 is 22.7 Å². The summed E-state index contributed by atoms with van der Waals surface area (Å²) in [4.78, 5) is 5.70. The first kappa shape index (κ1) is 21.7. The second-order valence-corrected chi connectivity index (χ2v) is 8.11. The van der Waals surface area contributed by atoms with Gasteiger partial charge < -0.3 is 4.90 Å². The Morgan fingerprint density at radius 1 is 0.514 bits per heavy atom. The third-order valence-corrected chi connectivity index (χ3v) is 5.94. The lowest BCUT2D eigenvalue weighted by molar-refractivity contribution is 1.28. The predicted molar refractivity (Wildman–Crippen MR) is 143 cm³/mol. The van der Waals surface area contributed by atoms with Gasteiger partial charge in [0.05, 0.1) is 18.2 Å². The molecule has 0 spiro atoms. The highest BCUT2D eigenvalue weighted by Gasteiger charge is 2.13. The molecule has 5 rings (SSSR count). The number of nitriles is 1. The van der Waals surface area contributed by atoms with Crippen molar-refractivity contribution in [1.82, 2.24) is 0 Å². The van der Waals surface area contributed by atoms with Crippen molar-refractivity contribution in [3.8, 4) is 28.3 Å². The van der Waals surface area contributed by atoms with E-state index in [9.17, 15) is 0 Å². The van der Waals surface area contributed by atoms with E-state index in [-0.39, 0.29) is 0 Å². The maximum absolute atomic E-state index is 9.05. The molecular formula is C32H21N3. The van der Waals surface area contributed by atoms with E-state index in [0.717, 1.165) is 39.3 Å². The number of anilines is 3. The Labute approximate surface area is 205 Å². The highest BCUT2D eigenvalue weighted by atomic mass is 15.1. The summed E-state index contributed by atoms with van der Waals surface area (Å²) >= 11 is 0. The van der Waals surface area contributed by atoms with Gasteiger partial charge in [0.2, 0.25) is 0 Å². The molecule has 0 saturated carbocycles. The number of hydrogen-bond acceptors (Lipinski definition) is 2. The van der Waals surface area contributed by atoms with Gasteiger partial charge in [0.1, 0.15) is 0 Å². The minimum atomic E-state index is 0.644. The Morgan fingerprint density at radius 2 is 0.914 bits per heavy atom. The summed E-state index contributed by atoms with van der Waals surface area (Å²) in [5, 5.41) is 9.05. The first-order valence-electron chi connectivity index (χ1n) is 11.3. The molecule has 0 fully saturated rings. The fourth-order valence-electron chi connectivity index (χ4n) is 4.10. The van der Waals surface area contributed by atoms with Crippen molar-refractivity contribution in [2.75, 3.05) is 4.90 Å². The summed E-state index contributed by atoms with van der Waals surface area (Å²) in [5.41, 5.74) is 8.87. The zero-order valence-corrected chi connectivity index (χ0v) is 19.0. The molecular weight excluding hydrogens is 426 g/mol. The molecule has 0 aromatic heterocycles. The first-order valence-corrected chi connectivity index (χ1v) is 11.3. The van der Waals surface area contributed by atoms with Gasteiger partial charge >= 0.3 is 0 Å². The Hall–Kier alpha value is -5.12. The molecule has 0 aliphatic rings. The third-order valence-electron chi connectivity index (χ3n) is 5.94. The highest BCUT2D eigenvalue weighted by molar-refractivity contribution is 5.80. The summed E-state index contributed by atoms with van der Waals surface area (Å²) in [6.45, 7) is 7.14. The second-order valence-electron chi connectivity index (χ2n) is 8.11. The van der Waals surface area contributed by atoms with Crippen LogP contribution in [-0.4, -0.2) is 0 Å². The number of benzene rings is 5. The molecule has 164 valence electrons. The molecule has 0 atom stereocenters. The van der Waals surface area contributed by atoms with E-state index in [1.54, 1.807) is 0 Å². The summed E-state index contributed by atoms with van der Waals surface area (Å²) in [6, 6.07) is 44.7. The van der Waals surface area contributed by atoms with E-state index in [4.69, 9.17) is 11.8 Å². The van der Waals surface area contributed by atoms with Crippen molar-refractivity contribution < 1.29 is 0 Å². The molecule has 0 bridgehead atoms. The van der Waals surface area contributed by atoms with Crippen LogP contribution in [0.5, 0.6) is 0 Å².